The highest BCUT2D eigenvalue weighted by Crippen LogP contribution is 2.12. The molecule has 4 nitrogen and oxygen atoms in total. The Morgan fingerprint density at radius 1 is 1.67 bits per heavy atom. The van der Waals surface area contributed by atoms with Crippen molar-refractivity contribution in [2.75, 3.05) is 25.0 Å². The molecule has 0 spiro atoms. The van der Waals surface area contributed by atoms with Gasteiger partial charge in [0.2, 0.25) is 0 Å². The second-order valence-corrected chi connectivity index (χ2v) is 4.02. The molecule has 1 atom stereocenters. The van der Waals surface area contributed by atoms with Crippen LogP contribution in [0, 0.1) is 0 Å². The van der Waals surface area contributed by atoms with E-state index in [4.69, 9.17) is 9.15 Å². The SMILES string of the molecule is O=C(c1ccco1)N1CCOC(CBr)C1. The molecule has 0 radical (unpaired) electrons. The normalized spacial score (nSPS) is 21.7. The number of hydrogen-bond donors (Lipinski definition) is 0. The van der Waals surface area contributed by atoms with Gasteiger partial charge in [0, 0.05) is 18.4 Å². The van der Waals surface area contributed by atoms with E-state index in [0.717, 1.165) is 5.33 Å². The highest BCUT2D eigenvalue weighted by Gasteiger charge is 2.25. The van der Waals surface area contributed by atoms with E-state index >= 15 is 0 Å². The number of rotatable bonds is 2. The van der Waals surface area contributed by atoms with E-state index in [1.807, 2.05) is 0 Å². The van der Waals surface area contributed by atoms with Crippen LogP contribution in [0.3, 0.4) is 0 Å². The van der Waals surface area contributed by atoms with Crippen LogP contribution >= 0.6 is 15.9 Å². The summed E-state index contributed by atoms with van der Waals surface area (Å²) in [5, 5.41) is 0.745. The maximum atomic E-state index is 11.9. The molecule has 15 heavy (non-hydrogen) atoms. The van der Waals surface area contributed by atoms with Crippen molar-refractivity contribution in [1.29, 1.82) is 0 Å². The average molecular weight is 274 g/mol. The first kappa shape index (κ1) is 10.7. The first-order valence-electron chi connectivity index (χ1n) is 4.81. The van der Waals surface area contributed by atoms with Crippen LogP contribution in [0.5, 0.6) is 0 Å². The van der Waals surface area contributed by atoms with E-state index in [0.29, 0.717) is 25.5 Å². The second-order valence-electron chi connectivity index (χ2n) is 3.38. The lowest BCUT2D eigenvalue weighted by Gasteiger charge is -2.31. The molecule has 1 aliphatic rings. The van der Waals surface area contributed by atoms with Gasteiger partial charge in [-0.1, -0.05) is 15.9 Å². The predicted molar refractivity (Wildman–Crippen MR) is 58.1 cm³/mol. The van der Waals surface area contributed by atoms with Crippen LogP contribution < -0.4 is 0 Å². The van der Waals surface area contributed by atoms with Crippen LogP contribution in [0.15, 0.2) is 22.8 Å². The molecule has 2 rings (SSSR count). The molecule has 1 fully saturated rings. The maximum absolute atomic E-state index is 11.9. The van der Waals surface area contributed by atoms with Gasteiger partial charge in [-0.15, -0.1) is 0 Å². The molecule has 2 heterocycles. The summed E-state index contributed by atoms with van der Waals surface area (Å²) in [4.78, 5) is 13.6. The van der Waals surface area contributed by atoms with Crippen LogP contribution in [-0.2, 0) is 4.74 Å². The van der Waals surface area contributed by atoms with E-state index in [-0.39, 0.29) is 12.0 Å². The van der Waals surface area contributed by atoms with Crippen molar-refractivity contribution >= 4 is 21.8 Å². The zero-order valence-corrected chi connectivity index (χ0v) is 9.77. The monoisotopic (exact) mass is 273 g/mol. The summed E-state index contributed by atoms with van der Waals surface area (Å²) in [6.07, 6.45) is 1.59. The molecule has 0 aromatic carbocycles. The van der Waals surface area contributed by atoms with Crippen molar-refractivity contribution in [3.8, 4) is 0 Å². The Bertz CT molecular complexity index is 325. The van der Waals surface area contributed by atoms with Crippen LogP contribution in [0.2, 0.25) is 0 Å². The van der Waals surface area contributed by atoms with Gasteiger partial charge >= 0.3 is 0 Å². The number of alkyl halides is 1. The minimum Gasteiger partial charge on any atom is -0.459 e. The van der Waals surface area contributed by atoms with E-state index < -0.39 is 0 Å². The summed E-state index contributed by atoms with van der Waals surface area (Å²) in [6, 6.07) is 3.40. The van der Waals surface area contributed by atoms with Crippen molar-refractivity contribution in [1.82, 2.24) is 4.90 Å². The fourth-order valence-corrected chi connectivity index (χ4v) is 1.94. The molecular weight excluding hydrogens is 262 g/mol. The number of nitrogens with zero attached hydrogens (tertiary/aromatic N) is 1. The molecule has 1 amide bonds. The summed E-state index contributed by atoms with van der Waals surface area (Å²) in [7, 11) is 0. The van der Waals surface area contributed by atoms with Crippen LogP contribution in [0.25, 0.3) is 0 Å². The van der Waals surface area contributed by atoms with Gasteiger partial charge in [-0.2, -0.15) is 0 Å². The molecule has 1 aromatic rings. The van der Waals surface area contributed by atoms with Crippen molar-refractivity contribution in [2.45, 2.75) is 6.10 Å². The summed E-state index contributed by atoms with van der Waals surface area (Å²) in [6.45, 7) is 1.83. The van der Waals surface area contributed by atoms with Gasteiger partial charge in [-0.25, -0.2) is 0 Å². The molecule has 5 heteroatoms. The standard InChI is InChI=1S/C10H12BrNO3/c11-6-8-7-12(3-5-14-8)10(13)9-2-1-4-15-9/h1-2,4,8H,3,5-7H2. The minimum absolute atomic E-state index is 0.0609. The van der Waals surface area contributed by atoms with Gasteiger partial charge in [0.1, 0.15) is 0 Å². The summed E-state index contributed by atoms with van der Waals surface area (Å²) < 4.78 is 10.5. The molecule has 1 unspecified atom stereocenters. The van der Waals surface area contributed by atoms with E-state index in [2.05, 4.69) is 15.9 Å². The Hall–Kier alpha value is -0.810. The Labute approximate surface area is 96.3 Å². The third-order valence-corrected chi connectivity index (χ3v) is 3.05. The Morgan fingerprint density at radius 3 is 3.20 bits per heavy atom. The molecule has 0 N–H and O–H groups in total. The third-order valence-electron chi connectivity index (χ3n) is 2.33. The molecule has 0 saturated carbocycles. The number of carbonyl (C=O) groups excluding carboxylic acids is 1. The topological polar surface area (TPSA) is 42.7 Å². The number of morpholine rings is 1. The van der Waals surface area contributed by atoms with Gasteiger partial charge in [-0.05, 0) is 12.1 Å². The zero-order chi connectivity index (χ0) is 10.7. The van der Waals surface area contributed by atoms with Crippen LogP contribution in [-0.4, -0.2) is 41.9 Å². The lowest BCUT2D eigenvalue weighted by molar-refractivity contribution is -0.0108. The van der Waals surface area contributed by atoms with Crippen molar-refractivity contribution < 1.29 is 13.9 Å². The number of amides is 1. The number of furan rings is 1. The van der Waals surface area contributed by atoms with Crippen molar-refractivity contribution in [3.63, 3.8) is 0 Å². The summed E-state index contributed by atoms with van der Waals surface area (Å²) >= 11 is 3.35. The van der Waals surface area contributed by atoms with Crippen LogP contribution in [0.1, 0.15) is 10.6 Å². The summed E-state index contributed by atoms with van der Waals surface area (Å²) in [5.74, 6) is 0.333. The highest BCUT2D eigenvalue weighted by molar-refractivity contribution is 9.09. The molecule has 1 saturated heterocycles. The quantitative estimate of drug-likeness (QED) is 0.768. The number of carbonyl (C=O) groups is 1. The maximum Gasteiger partial charge on any atom is 0.289 e. The van der Waals surface area contributed by atoms with E-state index in [1.54, 1.807) is 17.0 Å². The van der Waals surface area contributed by atoms with Gasteiger partial charge in [0.15, 0.2) is 5.76 Å². The first-order chi connectivity index (χ1) is 7.31. The van der Waals surface area contributed by atoms with Crippen molar-refractivity contribution in [2.24, 2.45) is 0 Å². The third kappa shape index (κ3) is 2.41. The largest absolute Gasteiger partial charge is 0.459 e. The first-order valence-corrected chi connectivity index (χ1v) is 5.93. The second kappa shape index (κ2) is 4.81. The predicted octanol–water partition coefficient (Wildman–Crippen LogP) is 1.52. The molecule has 0 bridgehead atoms. The fraction of sp³-hybridized carbons (Fsp3) is 0.500. The lowest BCUT2D eigenvalue weighted by atomic mass is 10.3. The Balaban J connectivity index is 2.01. The zero-order valence-electron chi connectivity index (χ0n) is 8.19. The Morgan fingerprint density at radius 2 is 2.53 bits per heavy atom. The van der Waals surface area contributed by atoms with Crippen LogP contribution in [0.4, 0.5) is 0 Å². The molecule has 0 aliphatic carbocycles. The number of ether oxygens (including phenoxy) is 1. The van der Waals surface area contributed by atoms with Crippen molar-refractivity contribution in [3.05, 3.63) is 24.2 Å². The fourth-order valence-electron chi connectivity index (χ4n) is 1.55. The van der Waals surface area contributed by atoms with E-state index in [9.17, 15) is 4.79 Å². The highest BCUT2D eigenvalue weighted by atomic mass is 79.9. The smallest absolute Gasteiger partial charge is 0.289 e. The average Bonchev–Trinajstić information content (AvgIpc) is 2.81. The number of hydrogen-bond acceptors (Lipinski definition) is 3. The molecule has 82 valence electrons. The van der Waals surface area contributed by atoms with Gasteiger partial charge in [0.25, 0.3) is 5.91 Å². The Kier molecular flexibility index (Phi) is 3.43. The van der Waals surface area contributed by atoms with Gasteiger partial charge in [0.05, 0.1) is 19.0 Å². The van der Waals surface area contributed by atoms with E-state index in [1.165, 1.54) is 6.26 Å². The summed E-state index contributed by atoms with van der Waals surface area (Å²) in [5.41, 5.74) is 0. The minimum atomic E-state index is -0.0609. The lowest BCUT2D eigenvalue weighted by Crippen LogP contribution is -2.46. The molecule has 1 aliphatic heterocycles. The molecular formula is C10H12BrNO3. The number of halogens is 1. The van der Waals surface area contributed by atoms with Gasteiger partial charge < -0.3 is 14.1 Å². The van der Waals surface area contributed by atoms with Gasteiger partial charge in [-0.3, -0.25) is 4.79 Å². The molecule has 1 aromatic heterocycles.